The smallest absolute Gasteiger partial charge is 0.110 e. The number of piperidine rings is 1. The number of hydrogen-bond donors (Lipinski definition) is 0. The van der Waals surface area contributed by atoms with E-state index < -0.39 is 0 Å². The van der Waals surface area contributed by atoms with Crippen LogP contribution in [0.25, 0.3) is 10.9 Å². The highest BCUT2D eigenvalue weighted by molar-refractivity contribution is 5.90. The summed E-state index contributed by atoms with van der Waals surface area (Å²) in [4.78, 5) is 2.73. The molecule has 0 bridgehead atoms. The summed E-state index contributed by atoms with van der Waals surface area (Å²) in [5, 5.41) is 10.8. The van der Waals surface area contributed by atoms with Crippen molar-refractivity contribution in [1.82, 2.24) is 9.47 Å². The molecule has 0 amide bonds. The standard InChI is InChI=1S/C21H27N3/c1-3-11-23-12-6-8-15-16-7-5-9-19-21(16)17(14-20(15)23)18(4-2)24(19)13-10-22/h5,7,9,15,20H,3-4,6,8,11-14H2,1-2H3/t15-,20-/m1/s1. The Morgan fingerprint density at radius 3 is 2.92 bits per heavy atom. The van der Waals surface area contributed by atoms with E-state index in [4.69, 9.17) is 0 Å². The Morgan fingerprint density at radius 2 is 2.17 bits per heavy atom. The number of benzene rings is 1. The minimum absolute atomic E-state index is 0.469. The maximum atomic E-state index is 9.31. The Hall–Kier alpha value is -1.79. The first-order valence-corrected chi connectivity index (χ1v) is 9.54. The lowest BCUT2D eigenvalue weighted by atomic mass is 9.74. The van der Waals surface area contributed by atoms with Gasteiger partial charge in [0.2, 0.25) is 0 Å². The first kappa shape index (κ1) is 15.7. The van der Waals surface area contributed by atoms with Crippen LogP contribution in [0, 0.1) is 11.3 Å². The van der Waals surface area contributed by atoms with Crippen LogP contribution in [0.5, 0.6) is 0 Å². The molecule has 0 radical (unpaired) electrons. The summed E-state index contributed by atoms with van der Waals surface area (Å²) in [5.41, 5.74) is 5.75. The van der Waals surface area contributed by atoms with Crippen molar-refractivity contribution in [2.45, 2.75) is 64.5 Å². The average Bonchev–Trinajstić information content (AvgIpc) is 2.91. The molecule has 0 unspecified atom stereocenters. The van der Waals surface area contributed by atoms with E-state index >= 15 is 0 Å². The van der Waals surface area contributed by atoms with Crippen LogP contribution in [-0.4, -0.2) is 28.6 Å². The van der Waals surface area contributed by atoms with E-state index in [0.717, 1.165) is 6.42 Å². The number of rotatable bonds is 4. The third kappa shape index (κ3) is 2.20. The highest BCUT2D eigenvalue weighted by Gasteiger charge is 2.38. The van der Waals surface area contributed by atoms with Crippen LogP contribution in [0.2, 0.25) is 0 Å². The zero-order chi connectivity index (χ0) is 16.7. The van der Waals surface area contributed by atoms with E-state index in [1.807, 2.05) is 0 Å². The molecule has 24 heavy (non-hydrogen) atoms. The normalized spacial score (nSPS) is 23.2. The molecule has 3 heteroatoms. The van der Waals surface area contributed by atoms with Gasteiger partial charge in [-0.1, -0.05) is 26.0 Å². The van der Waals surface area contributed by atoms with Gasteiger partial charge in [0.25, 0.3) is 0 Å². The van der Waals surface area contributed by atoms with Crippen molar-refractivity contribution < 1.29 is 0 Å². The van der Waals surface area contributed by atoms with Crippen LogP contribution in [0.1, 0.15) is 55.8 Å². The van der Waals surface area contributed by atoms with Crippen LogP contribution in [-0.2, 0) is 19.4 Å². The summed E-state index contributed by atoms with van der Waals surface area (Å²) < 4.78 is 2.27. The molecule has 126 valence electrons. The van der Waals surface area contributed by atoms with Gasteiger partial charge in [-0.2, -0.15) is 5.26 Å². The van der Waals surface area contributed by atoms with E-state index in [-0.39, 0.29) is 0 Å². The minimum atomic E-state index is 0.469. The molecule has 1 aromatic carbocycles. The highest BCUT2D eigenvalue weighted by Crippen LogP contribution is 2.45. The number of nitrogens with zero attached hydrogens (tertiary/aromatic N) is 3. The molecule has 1 aromatic heterocycles. The maximum Gasteiger partial charge on any atom is 0.110 e. The summed E-state index contributed by atoms with van der Waals surface area (Å²) >= 11 is 0. The molecule has 0 saturated carbocycles. The SMILES string of the molecule is CCCN1CCC[C@@H]2c3cccc4c3c(c(CC)n4CC#N)C[C@H]21. The summed E-state index contributed by atoms with van der Waals surface area (Å²) in [6, 6.07) is 9.80. The largest absolute Gasteiger partial charge is 0.330 e. The van der Waals surface area contributed by atoms with Crippen molar-refractivity contribution in [3.05, 3.63) is 35.0 Å². The lowest BCUT2D eigenvalue weighted by Crippen LogP contribution is -2.47. The zero-order valence-electron chi connectivity index (χ0n) is 14.9. The van der Waals surface area contributed by atoms with E-state index in [0.29, 0.717) is 18.5 Å². The summed E-state index contributed by atoms with van der Waals surface area (Å²) in [6.45, 7) is 7.46. The number of aromatic nitrogens is 1. The summed E-state index contributed by atoms with van der Waals surface area (Å²) in [7, 11) is 0. The van der Waals surface area contributed by atoms with Crippen molar-refractivity contribution in [2.24, 2.45) is 0 Å². The molecule has 2 heterocycles. The van der Waals surface area contributed by atoms with Crippen LogP contribution in [0.3, 0.4) is 0 Å². The van der Waals surface area contributed by atoms with Gasteiger partial charge >= 0.3 is 0 Å². The molecular formula is C21H27N3. The van der Waals surface area contributed by atoms with Crippen molar-refractivity contribution >= 4 is 10.9 Å². The van der Waals surface area contributed by atoms with E-state index in [1.165, 1.54) is 60.9 Å². The van der Waals surface area contributed by atoms with Gasteiger partial charge in [0.1, 0.15) is 6.54 Å². The van der Waals surface area contributed by atoms with E-state index in [1.54, 1.807) is 5.56 Å². The third-order valence-electron chi connectivity index (χ3n) is 6.12. The van der Waals surface area contributed by atoms with Crippen LogP contribution < -0.4 is 0 Å². The monoisotopic (exact) mass is 321 g/mol. The van der Waals surface area contributed by atoms with Gasteiger partial charge in [0.15, 0.2) is 0 Å². The Kier molecular flexibility index (Phi) is 4.10. The highest BCUT2D eigenvalue weighted by atomic mass is 15.2. The average molecular weight is 321 g/mol. The number of fused-ring (bicyclic) bond motifs is 2. The molecule has 2 atom stereocenters. The Balaban J connectivity index is 1.91. The Morgan fingerprint density at radius 1 is 1.29 bits per heavy atom. The van der Waals surface area contributed by atoms with E-state index in [2.05, 4.69) is 47.6 Å². The molecule has 2 aromatic rings. The molecular weight excluding hydrogens is 294 g/mol. The van der Waals surface area contributed by atoms with Gasteiger partial charge in [-0.05, 0) is 62.4 Å². The first-order valence-electron chi connectivity index (χ1n) is 9.54. The lowest BCUT2D eigenvalue weighted by molar-refractivity contribution is 0.124. The third-order valence-corrected chi connectivity index (χ3v) is 6.12. The fourth-order valence-electron chi connectivity index (χ4n) is 5.28. The molecule has 1 fully saturated rings. The van der Waals surface area contributed by atoms with Gasteiger partial charge in [-0.3, -0.25) is 4.90 Å². The first-order chi connectivity index (χ1) is 11.8. The van der Waals surface area contributed by atoms with E-state index in [9.17, 15) is 5.26 Å². The number of likely N-dealkylation sites (tertiary alicyclic amines) is 1. The molecule has 0 N–H and O–H groups in total. The molecule has 3 nitrogen and oxygen atoms in total. The van der Waals surface area contributed by atoms with Crippen molar-refractivity contribution in [2.75, 3.05) is 13.1 Å². The van der Waals surface area contributed by atoms with Crippen LogP contribution in [0.4, 0.5) is 0 Å². The van der Waals surface area contributed by atoms with Gasteiger partial charge in [-0.15, -0.1) is 0 Å². The van der Waals surface area contributed by atoms with Crippen molar-refractivity contribution in [3.8, 4) is 6.07 Å². The molecule has 1 aliphatic heterocycles. The van der Waals surface area contributed by atoms with Gasteiger partial charge in [0.05, 0.1) is 6.07 Å². The second-order valence-electron chi connectivity index (χ2n) is 7.32. The van der Waals surface area contributed by atoms with Crippen molar-refractivity contribution in [3.63, 3.8) is 0 Å². The number of hydrogen-bond acceptors (Lipinski definition) is 2. The van der Waals surface area contributed by atoms with Crippen LogP contribution >= 0.6 is 0 Å². The second kappa shape index (κ2) is 6.26. The fourth-order valence-corrected chi connectivity index (χ4v) is 5.28. The lowest BCUT2D eigenvalue weighted by Gasteiger charge is -2.44. The summed E-state index contributed by atoms with van der Waals surface area (Å²) in [5.74, 6) is 0.671. The predicted molar refractivity (Wildman–Crippen MR) is 98.3 cm³/mol. The Labute approximate surface area is 144 Å². The topological polar surface area (TPSA) is 32.0 Å². The molecule has 1 saturated heterocycles. The Bertz CT molecular complexity index is 793. The zero-order valence-corrected chi connectivity index (χ0v) is 14.9. The van der Waals surface area contributed by atoms with Crippen molar-refractivity contribution in [1.29, 1.82) is 5.26 Å². The molecule has 4 rings (SSSR count). The van der Waals surface area contributed by atoms with Crippen LogP contribution in [0.15, 0.2) is 18.2 Å². The molecule has 2 aliphatic rings. The minimum Gasteiger partial charge on any atom is -0.330 e. The maximum absolute atomic E-state index is 9.31. The second-order valence-corrected chi connectivity index (χ2v) is 7.32. The predicted octanol–water partition coefficient (Wildman–Crippen LogP) is 4.24. The van der Waals surface area contributed by atoms with Gasteiger partial charge in [0, 0.05) is 28.6 Å². The fraction of sp³-hybridized carbons (Fsp3) is 0.571. The molecule has 1 aliphatic carbocycles. The quantitative estimate of drug-likeness (QED) is 0.843. The van der Waals surface area contributed by atoms with Gasteiger partial charge in [-0.25, -0.2) is 0 Å². The van der Waals surface area contributed by atoms with Gasteiger partial charge < -0.3 is 4.57 Å². The summed E-state index contributed by atoms with van der Waals surface area (Å²) in [6.07, 6.45) is 6.03. The molecule has 0 spiro atoms. The number of nitriles is 1.